The summed E-state index contributed by atoms with van der Waals surface area (Å²) in [5, 5.41) is 0. The van der Waals surface area contributed by atoms with Gasteiger partial charge in [0.2, 0.25) is 0 Å². The molecule has 1 aliphatic rings. The maximum absolute atomic E-state index is 12.8. The molecule has 4 rings (SSSR count). The van der Waals surface area contributed by atoms with Crippen molar-refractivity contribution in [1.82, 2.24) is 9.38 Å². The van der Waals surface area contributed by atoms with Crippen LogP contribution in [0.15, 0.2) is 41.5 Å². The minimum atomic E-state index is -0.601. The lowest BCUT2D eigenvalue weighted by Gasteiger charge is -2.15. The van der Waals surface area contributed by atoms with Crippen LogP contribution in [-0.4, -0.2) is 22.5 Å². The van der Waals surface area contributed by atoms with Crippen molar-refractivity contribution in [3.05, 3.63) is 63.7 Å². The summed E-state index contributed by atoms with van der Waals surface area (Å²) in [5.74, 6) is 0.230. The zero-order chi connectivity index (χ0) is 18.4. The largest absolute Gasteiger partial charge is 0.465 e. The van der Waals surface area contributed by atoms with E-state index < -0.39 is 5.97 Å². The van der Waals surface area contributed by atoms with Crippen LogP contribution >= 0.6 is 0 Å². The summed E-state index contributed by atoms with van der Waals surface area (Å²) in [5.41, 5.74) is 10.2. The molecule has 0 spiro atoms. The number of carbonyl (C=O) groups is 1. The van der Waals surface area contributed by atoms with E-state index in [1.54, 1.807) is 28.9 Å². The van der Waals surface area contributed by atoms with E-state index in [1.807, 2.05) is 19.1 Å². The average Bonchev–Trinajstić information content (AvgIpc) is 3.48. The Morgan fingerprint density at radius 1 is 1.31 bits per heavy atom. The molecule has 0 amide bonds. The number of hydrogen-bond acceptors (Lipinski definition) is 5. The van der Waals surface area contributed by atoms with Crippen molar-refractivity contribution >= 4 is 17.3 Å². The predicted octanol–water partition coefficient (Wildman–Crippen LogP) is 2.92. The fourth-order valence-electron chi connectivity index (χ4n) is 3.44. The minimum Gasteiger partial charge on any atom is -0.465 e. The predicted molar refractivity (Wildman–Crippen MR) is 99.4 cm³/mol. The molecule has 3 aromatic heterocycles. The fourth-order valence-corrected chi connectivity index (χ4v) is 3.44. The normalized spacial score (nSPS) is 13.8. The number of anilines is 1. The van der Waals surface area contributed by atoms with Gasteiger partial charge in [-0.1, -0.05) is 0 Å². The Morgan fingerprint density at radius 3 is 2.69 bits per heavy atom. The van der Waals surface area contributed by atoms with E-state index in [4.69, 9.17) is 10.5 Å². The highest BCUT2D eigenvalue weighted by atomic mass is 16.5. The zero-order valence-electron chi connectivity index (χ0n) is 14.7. The molecule has 0 saturated heterocycles. The van der Waals surface area contributed by atoms with Crippen LogP contribution in [0.25, 0.3) is 16.6 Å². The van der Waals surface area contributed by atoms with Gasteiger partial charge in [0.1, 0.15) is 11.4 Å². The number of methoxy groups -OCH3 is 1. The number of rotatable bonds is 3. The van der Waals surface area contributed by atoms with Gasteiger partial charge in [-0.05, 0) is 66.6 Å². The van der Waals surface area contributed by atoms with Crippen molar-refractivity contribution in [1.29, 1.82) is 0 Å². The number of ether oxygens (including phenoxy) is 1. The summed E-state index contributed by atoms with van der Waals surface area (Å²) in [6.07, 6.45) is 5.56. The molecule has 1 fully saturated rings. The van der Waals surface area contributed by atoms with Gasteiger partial charge in [0.25, 0.3) is 5.56 Å². The van der Waals surface area contributed by atoms with Gasteiger partial charge in [0, 0.05) is 18.0 Å². The molecule has 0 atom stereocenters. The zero-order valence-corrected chi connectivity index (χ0v) is 14.7. The summed E-state index contributed by atoms with van der Waals surface area (Å²) >= 11 is 0. The van der Waals surface area contributed by atoms with Crippen molar-refractivity contribution < 1.29 is 9.53 Å². The topological polar surface area (TPSA) is 86.7 Å². The van der Waals surface area contributed by atoms with Crippen LogP contribution in [0.4, 0.5) is 5.82 Å². The van der Waals surface area contributed by atoms with Crippen LogP contribution in [-0.2, 0) is 4.74 Å². The van der Waals surface area contributed by atoms with E-state index in [2.05, 4.69) is 4.98 Å². The number of nitrogens with two attached hydrogens (primary N) is 1. The Balaban J connectivity index is 2.02. The summed E-state index contributed by atoms with van der Waals surface area (Å²) in [6, 6.07) is 7.25. The molecule has 26 heavy (non-hydrogen) atoms. The second-order valence-electron chi connectivity index (χ2n) is 6.63. The summed E-state index contributed by atoms with van der Waals surface area (Å²) in [7, 11) is 1.29. The van der Waals surface area contributed by atoms with Gasteiger partial charge in [0.15, 0.2) is 0 Å². The maximum Gasteiger partial charge on any atom is 0.343 e. The number of aromatic nitrogens is 2. The molecule has 3 heterocycles. The van der Waals surface area contributed by atoms with Crippen LogP contribution in [0, 0.1) is 6.92 Å². The first-order valence-corrected chi connectivity index (χ1v) is 8.50. The molecular weight excluding hydrogens is 330 g/mol. The standard InChI is InChI=1S/C20H19N3O3/c1-11-14(13-5-6-17(21)22-10-13)7-8-23-18(11)15(12-3-4-12)9-16(19(23)24)20(25)26-2/h5-10,12H,3-4H2,1-2H3,(H2,21,22). The summed E-state index contributed by atoms with van der Waals surface area (Å²) < 4.78 is 6.34. The highest BCUT2D eigenvalue weighted by molar-refractivity contribution is 5.90. The highest BCUT2D eigenvalue weighted by Crippen LogP contribution is 2.43. The maximum atomic E-state index is 12.8. The van der Waals surface area contributed by atoms with E-state index >= 15 is 0 Å². The number of hydrogen-bond donors (Lipinski definition) is 1. The first-order valence-electron chi connectivity index (χ1n) is 8.50. The molecule has 6 nitrogen and oxygen atoms in total. The smallest absolute Gasteiger partial charge is 0.343 e. The monoisotopic (exact) mass is 349 g/mol. The lowest BCUT2D eigenvalue weighted by atomic mass is 9.97. The third-order valence-corrected chi connectivity index (χ3v) is 4.93. The van der Waals surface area contributed by atoms with Gasteiger partial charge in [0.05, 0.1) is 12.6 Å². The van der Waals surface area contributed by atoms with Crippen LogP contribution in [0.1, 0.15) is 40.2 Å². The number of pyridine rings is 3. The Kier molecular flexibility index (Phi) is 3.76. The number of fused-ring (bicyclic) bond motifs is 1. The fraction of sp³-hybridized carbons (Fsp3) is 0.250. The third-order valence-electron chi connectivity index (χ3n) is 4.93. The Morgan fingerprint density at radius 2 is 2.08 bits per heavy atom. The van der Waals surface area contributed by atoms with Crippen molar-refractivity contribution in [2.75, 3.05) is 12.8 Å². The number of esters is 1. The van der Waals surface area contributed by atoms with E-state index in [1.165, 1.54) is 7.11 Å². The highest BCUT2D eigenvalue weighted by Gasteiger charge is 2.29. The van der Waals surface area contributed by atoms with Gasteiger partial charge in [-0.25, -0.2) is 9.78 Å². The molecule has 0 aliphatic heterocycles. The van der Waals surface area contributed by atoms with Crippen LogP contribution in [0.3, 0.4) is 0 Å². The molecule has 0 bridgehead atoms. The SMILES string of the molecule is COC(=O)c1cc(C2CC2)c2c(C)c(-c3ccc(N)nc3)ccn2c1=O. The van der Waals surface area contributed by atoms with Crippen LogP contribution in [0.5, 0.6) is 0 Å². The van der Waals surface area contributed by atoms with Crippen molar-refractivity contribution in [3.63, 3.8) is 0 Å². The lowest BCUT2D eigenvalue weighted by molar-refractivity contribution is 0.0598. The van der Waals surface area contributed by atoms with Gasteiger partial charge in [-0.2, -0.15) is 0 Å². The average molecular weight is 349 g/mol. The second kappa shape index (κ2) is 5.98. The van der Waals surface area contributed by atoms with Gasteiger partial charge < -0.3 is 10.5 Å². The molecule has 132 valence electrons. The molecular formula is C20H19N3O3. The Hall–Kier alpha value is -3.15. The van der Waals surface area contributed by atoms with Crippen molar-refractivity contribution in [2.24, 2.45) is 0 Å². The minimum absolute atomic E-state index is 0.0770. The number of nitrogen functional groups attached to an aromatic ring is 1. The number of nitrogens with zero attached hydrogens (tertiary/aromatic N) is 2. The van der Waals surface area contributed by atoms with Gasteiger partial charge >= 0.3 is 5.97 Å². The van der Waals surface area contributed by atoms with E-state index in [0.717, 1.165) is 40.6 Å². The van der Waals surface area contributed by atoms with Crippen molar-refractivity contribution in [3.8, 4) is 11.1 Å². The second-order valence-corrected chi connectivity index (χ2v) is 6.63. The van der Waals surface area contributed by atoms with Gasteiger partial charge in [-0.3, -0.25) is 9.20 Å². The van der Waals surface area contributed by atoms with E-state index in [0.29, 0.717) is 11.7 Å². The molecule has 6 heteroatoms. The molecule has 2 N–H and O–H groups in total. The summed E-state index contributed by atoms with van der Waals surface area (Å²) in [6.45, 7) is 1.99. The van der Waals surface area contributed by atoms with Crippen LogP contribution < -0.4 is 11.3 Å². The van der Waals surface area contributed by atoms with E-state index in [-0.39, 0.29) is 11.1 Å². The first kappa shape index (κ1) is 16.3. The Bertz CT molecular complexity index is 1080. The van der Waals surface area contributed by atoms with Gasteiger partial charge in [-0.15, -0.1) is 0 Å². The number of aryl methyl sites for hydroxylation is 1. The quantitative estimate of drug-likeness (QED) is 0.735. The Labute approximate surface area is 150 Å². The first-order chi connectivity index (χ1) is 12.5. The van der Waals surface area contributed by atoms with E-state index in [9.17, 15) is 9.59 Å². The third kappa shape index (κ3) is 2.54. The lowest BCUT2D eigenvalue weighted by Crippen LogP contribution is -2.24. The number of carbonyl (C=O) groups excluding carboxylic acids is 1. The molecule has 0 radical (unpaired) electrons. The molecule has 0 unspecified atom stereocenters. The molecule has 3 aromatic rings. The van der Waals surface area contributed by atoms with Crippen molar-refractivity contribution in [2.45, 2.75) is 25.7 Å². The summed E-state index contributed by atoms with van der Waals surface area (Å²) in [4.78, 5) is 29.0. The molecule has 1 aliphatic carbocycles. The molecule has 1 saturated carbocycles. The van der Waals surface area contributed by atoms with Crippen LogP contribution in [0.2, 0.25) is 0 Å². The molecule has 0 aromatic carbocycles.